The van der Waals surface area contributed by atoms with E-state index >= 15 is 0 Å². The number of hydrogen-bond donors (Lipinski definition) is 2. The zero-order valence-corrected chi connectivity index (χ0v) is 15.4. The number of urea groups is 1. The molecule has 2 amide bonds. The Morgan fingerprint density at radius 2 is 1.67 bits per heavy atom. The van der Waals surface area contributed by atoms with E-state index in [1.165, 1.54) is 18.6 Å². The van der Waals surface area contributed by atoms with Crippen molar-refractivity contribution in [2.24, 2.45) is 0 Å². The van der Waals surface area contributed by atoms with E-state index in [-0.39, 0.29) is 17.9 Å². The molecule has 0 spiro atoms. The highest BCUT2D eigenvalue weighted by Crippen LogP contribution is 2.35. The second kappa shape index (κ2) is 8.09. The SMILES string of the molecule is O=C(Nc1ccccc1)NC1CC2CCCC(C1)N2Cc1ccc(F)cc1. The van der Waals surface area contributed by atoms with Gasteiger partial charge in [-0.3, -0.25) is 4.90 Å². The van der Waals surface area contributed by atoms with Crippen LogP contribution in [0.2, 0.25) is 0 Å². The molecule has 2 saturated heterocycles. The lowest BCUT2D eigenvalue weighted by Gasteiger charge is -2.49. The van der Waals surface area contributed by atoms with Gasteiger partial charge in [0.05, 0.1) is 0 Å². The minimum absolute atomic E-state index is 0.128. The lowest BCUT2D eigenvalue weighted by molar-refractivity contribution is 0.0200. The molecule has 2 bridgehead atoms. The minimum atomic E-state index is -0.189. The summed E-state index contributed by atoms with van der Waals surface area (Å²) < 4.78 is 13.2. The van der Waals surface area contributed by atoms with Crippen LogP contribution < -0.4 is 10.6 Å². The molecule has 4 rings (SSSR count). The summed E-state index contributed by atoms with van der Waals surface area (Å²) in [6, 6.07) is 17.4. The smallest absolute Gasteiger partial charge is 0.319 e. The second-order valence-electron chi connectivity index (χ2n) is 7.67. The molecule has 2 atom stereocenters. The van der Waals surface area contributed by atoms with Crippen LogP contribution in [0.15, 0.2) is 54.6 Å². The molecule has 2 unspecified atom stereocenters. The molecule has 142 valence electrons. The molecular weight excluding hydrogens is 341 g/mol. The maximum absolute atomic E-state index is 13.2. The van der Waals surface area contributed by atoms with Crippen LogP contribution in [0.1, 0.15) is 37.7 Å². The number of para-hydroxylation sites is 1. The first-order valence-corrected chi connectivity index (χ1v) is 9.80. The topological polar surface area (TPSA) is 44.4 Å². The molecule has 0 aliphatic carbocycles. The summed E-state index contributed by atoms with van der Waals surface area (Å²) >= 11 is 0. The van der Waals surface area contributed by atoms with Crippen molar-refractivity contribution in [3.63, 3.8) is 0 Å². The fraction of sp³-hybridized carbons (Fsp3) is 0.409. The summed E-state index contributed by atoms with van der Waals surface area (Å²) in [6.07, 6.45) is 5.52. The van der Waals surface area contributed by atoms with Crippen molar-refractivity contribution in [1.29, 1.82) is 0 Å². The largest absolute Gasteiger partial charge is 0.335 e. The van der Waals surface area contributed by atoms with E-state index in [1.807, 2.05) is 42.5 Å². The third kappa shape index (κ3) is 4.48. The average molecular weight is 367 g/mol. The number of carbonyl (C=O) groups excluding carboxylic acids is 1. The zero-order chi connectivity index (χ0) is 18.6. The molecule has 2 aromatic rings. The fourth-order valence-corrected chi connectivity index (χ4v) is 4.53. The molecule has 2 fully saturated rings. The van der Waals surface area contributed by atoms with Crippen LogP contribution in [0.5, 0.6) is 0 Å². The van der Waals surface area contributed by atoms with E-state index in [2.05, 4.69) is 15.5 Å². The molecule has 27 heavy (non-hydrogen) atoms. The number of piperidine rings is 2. The molecule has 0 aromatic heterocycles. The lowest BCUT2D eigenvalue weighted by Crippen LogP contribution is -2.56. The Balaban J connectivity index is 1.36. The van der Waals surface area contributed by atoms with Crippen LogP contribution in [0.3, 0.4) is 0 Å². The molecule has 4 nitrogen and oxygen atoms in total. The number of hydrogen-bond acceptors (Lipinski definition) is 2. The van der Waals surface area contributed by atoms with E-state index in [4.69, 9.17) is 0 Å². The maximum atomic E-state index is 13.2. The van der Waals surface area contributed by atoms with Crippen LogP contribution in [0.4, 0.5) is 14.9 Å². The van der Waals surface area contributed by atoms with Gasteiger partial charge in [-0.2, -0.15) is 0 Å². The molecule has 2 aromatic carbocycles. The standard InChI is InChI=1S/C22H26FN3O/c23-17-11-9-16(10-12-17)15-26-20-7-4-8-21(26)14-19(13-20)25-22(27)24-18-5-2-1-3-6-18/h1-3,5-6,9-12,19-21H,4,7-8,13-15H2,(H2,24,25,27). The van der Waals surface area contributed by atoms with Gasteiger partial charge in [-0.25, -0.2) is 9.18 Å². The summed E-state index contributed by atoms with van der Waals surface area (Å²) in [6.45, 7) is 0.860. The van der Waals surface area contributed by atoms with Crippen LogP contribution in [-0.2, 0) is 6.54 Å². The van der Waals surface area contributed by atoms with Gasteiger partial charge in [0.1, 0.15) is 5.82 Å². The van der Waals surface area contributed by atoms with E-state index in [9.17, 15) is 9.18 Å². The molecule has 5 heteroatoms. The highest BCUT2D eigenvalue weighted by Gasteiger charge is 2.38. The Kier molecular flexibility index (Phi) is 5.39. The van der Waals surface area contributed by atoms with E-state index in [0.717, 1.165) is 43.5 Å². The molecule has 2 aliphatic rings. The summed E-state index contributed by atoms with van der Waals surface area (Å²) in [4.78, 5) is 14.9. The van der Waals surface area contributed by atoms with Crippen molar-refractivity contribution >= 4 is 11.7 Å². The lowest BCUT2D eigenvalue weighted by atomic mass is 9.81. The Morgan fingerprint density at radius 1 is 1.00 bits per heavy atom. The predicted molar refractivity (Wildman–Crippen MR) is 105 cm³/mol. The van der Waals surface area contributed by atoms with Gasteiger partial charge in [-0.1, -0.05) is 36.8 Å². The van der Waals surface area contributed by atoms with Gasteiger partial charge in [0.25, 0.3) is 0 Å². The van der Waals surface area contributed by atoms with Gasteiger partial charge in [0.2, 0.25) is 0 Å². The molecule has 2 N–H and O–H groups in total. The van der Waals surface area contributed by atoms with Gasteiger partial charge in [-0.15, -0.1) is 0 Å². The van der Waals surface area contributed by atoms with Gasteiger partial charge in [0.15, 0.2) is 0 Å². The molecule has 0 radical (unpaired) electrons. The van der Waals surface area contributed by atoms with Gasteiger partial charge < -0.3 is 10.6 Å². The number of nitrogens with zero attached hydrogens (tertiary/aromatic N) is 1. The number of rotatable bonds is 4. The Bertz CT molecular complexity index is 751. The van der Waals surface area contributed by atoms with Crippen molar-refractivity contribution in [2.75, 3.05) is 5.32 Å². The zero-order valence-electron chi connectivity index (χ0n) is 15.4. The van der Waals surface area contributed by atoms with Crippen LogP contribution >= 0.6 is 0 Å². The first kappa shape index (κ1) is 18.0. The first-order chi connectivity index (χ1) is 13.2. The highest BCUT2D eigenvalue weighted by atomic mass is 19.1. The number of amides is 2. The normalized spacial score (nSPS) is 25.0. The second-order valence-corrected chi connectivity index (χ2v) is 7.67. The third-order valence-electron chi connectivity index (χ3n) is 5.77. The average Bonchev–Trinajstić information content (AvgIpc) is 2.65. The summed E-state index contributed by atoms with van der Waals surface area (Å²) in [5.74, 6) is -0.189. The number of halogens is 1. The number of benzene rings is 2. The Hall–Kier alpha value is -2.40. The van der Waals surface area contributed by atoms with Crippen molar-refractivity contribution in [2.45, 2.75) is 56.8 Å². The first-order valence-electron chi connectivity index (χ1n) is 9.80. The van der Waals surface area contributed by atoms with Crippen molar-refractivity contribution in [3.05, 3.63) is 66.0 Å². The van der Waals surface area contributed by atoms with E-state index in [0.29, 0.717) is 12.1 Å². The van der Waals surface area contributed by atoms with Crippen molar-refractivity contribution < 1.29 is 9.18 Å². The van der Waals surface area contributed by atoms with Crippen LogP contribution in [0.25, 0.3) is 0 Å². The summed E-state index contributed by atoms with van der Waals surface area (Å²) in [5.41, 5.74) is 1.96. The molecular formula is C22H26FN3O. The van der Waals surface area contributed by atoms with Crippen molar-refractivity contribution in [3.8, 4) is 0 Å². The Morgan fingerprint density at radius 3 is 2.33 bits per heavy atom. The van der Waals surface area contributed by atoms with Crippen LogP contribution in [-0.4, -0.2) is 29.1 Å². The third-order valence-corrected chi connectivity index (χ3v) is 5.77. The van der Waals surface area contributed by atoms with Crippen LogP contribution in [0, 0.1) is 5.82 Å². The molecule has 0 saturated carbocycles. The number of nitrogens with one attached hydrogen (secondary N) is 2. The quantitative estimate of drug-likeness (QED) is 0.834. The number of carbonyl (C=O) groups is 1. The maximum Gasteiger partial charge on any atom is 0.319 e. The molecule has 2 aliphatic heterocycles. The minimum Gasteiger partial charge on any atom is -0.335 e. The summed E-state index contributed by atoms with van der Waals surface area (Å²) in [5, 5.41) is 6.07. The van der Waals surface area contributed by atoms with Gasteiger partial charge in [-0.05, 0) is 55.5 Å². The summed E-state index contributed by atoms with van der Waals surface area (Å²) in [7, 11) is 0. The highest BCUT2D eigenvalue weighted by molar-refractivity contribution is 5.89. The molecule has 2 heterocycles. The monoisotopic (exact) mass is 367 g/mol. The predicted octanol–water partition coefficient (Wildman–Crippen LogP) is 4.53. The van der Waals surface area contributed by atoms with Crippen molar-refractivity contribution in [1.82, 2.24) is 10.2 Å². The number of fused-ring (bicyclic) bond motifs is 2. The Labute approximate surface area is 159 Å². The van der Waals surface area contributed by atoms with E-state index in [1.54, 1.807) is 0 Å². The fourth-order valence-electron chi connectivity index (χ4n) is 4.53. The van der Waals surface area contributed by atoms with Gasteiger partial charge >= 0.3 is 6.03 Å². The van der Waals surface area contributed by atoms with Gasteiger partial charge in [0, 0.05) is 30.4 Å². The van der Waals surface area contributed by atoms with E-state index < -0.39 is 0 Å². The number of anilines is 1.